The van der Waals surface area contributed by atoms with E-state index >= 15 is 0 Å². The minimum absolute atomic E-state index is 0.0959. The molecule has 0 bridgehead atoms. The van der Waals surface area contributed by atoms with Gasteiger partial charge in [-0.15, -0.1) is 0 Å². The molecule has 0 aromatic heterocycles. The fourth-order valence-electron chi connectivity index (χ4n) is 3.56. The zero-order valence-electron chi connectivity index (χ0n) is 17.0. The van der Waals surface area contributed by atoms with Crippen molar-refractivity contribution in [3.63, 3.8) is 0 Å². The summed E-state index contributed by atoms with van der Waals surface area (Å²) in [6.45, 7) is 0.951. The Morgan fingerprint density at radius 3 is 2.42 bits per heavy atom. The molecule has 1 heterocycles. The highest BCUT2D eigenvalue weighted by Gasteiger charge is 2.31. The molecule has 0 saturated carbocycles. The predicted molar refractivity (Wildman–Crippen MR) is 114 cm³/mol. The van der Waals surface area contributed by atoms with E-state index < -0.39 is 15.9 Å². The van der Waals surface area contributed by atoms with Crippen molar-refractivity contribution in [3.05, 3.63) is 65.2 Å². The number of nitrogens with zero attached hydrogens (tertiary/aromatic N) is 2. The number of benzene rings is 2. The molecule has 0 aliphatic carbocycles. The van der Waals surface area contributed by atoms with E-state index in [0.29, 0.717) is 36.9 Å². The van der Waals surface area contributed by atoms with Crippen LogP contribution >= 0.6 is 0 Å². The van der Waals surface area contributed by atoms with Gasteiger partial charge in [-0.1, -0.05) is 12.1 Å². The summed E-state index contributed by atoms with van der Waals surface area (Å²) in [5, 5.41) is 11.7. The molecule has 1 aliphatic rings. The van der Waals surface area contributed by atoms with Gasteiger partial charge in [-0.3, -0.25) is 9.59 Å². The fourth-order valence-corrected chi connectivity index (χ4v) is 5.03. The van der Waals surface area contributed by atoms with Crippen molar-refractivity contribution < 1.29 is 18.0 Å². The normalized spacial score (nSPS) is 15.2. The number of carbonyl (C=O) groups is 2. The van der Waals surface area contributed by atoms with Crippen LogP contribution in [0.15, 0.2) is 53.4 Å². The minimum atomic E-state index is -3.65. The molecule has 0 unspecified atom stereocenters. The number of sulfonamides is 1. The lowest BCUT2D eigenvalue weighted by atomic mass is 9.97. The van der Waals surface area contributed by atoms with Crippen LogP contribution in [0, 0.1) is 17.2 Å². The molecule has 0 atom stereocenters. The maximum Gasteiger partial charge on any atom is 0.248 e. The maximum atomic E-state index is 12.8. The lowest BCUT2D eigenvalue weighted by Crippen LogP contribution is -2.43. The van der Waals surface area contributed by atoms with Crippen molar-refractivity contribution in [1.82, 2.24) is 9.62 Å². The SMILES string of the molecule is N#Cc1ccc(S(=O)(=O)N2CCC(C(=O)NCCc3cccc(C(N)=O)c3)CC2)cc1. The van der Waals surface area contributed by atoms with Gasteiger partial charge in [0.15, 0.2) is 0 Å². The molecule has 1 aliphatic heterocycles. The van der Waals surface area contributed by atoms with E-state index in [9.17, 15) is 18.0 Å². The molecule has 1 saturated heterocycles. The largest absolute Gasteiger partial charge is 0.366 e. The van der Waals surface area contributed by atoms with Gasteiger partial charge in [0.25, 0.3) is 0 Å². The van der Waals surface area contributed by atoms with Gasteiger partial charge in [-0.2, -0.15) is 9.57 Å². The number of piperidine rings is 1. The average molecular weight is 441 g/mol. The summed E-state index contributed by atoms with van der Waals surface area (Å²) in [5.74, 6) is -0.834. The molecular formula is C22H24N4O4S. The van der Waals surface area contributed by atoms with Gasteiger partial charge < -0.3 is 11.1 Å². The highest BCUT2D eigenvalue weighted by molar-refractivity contribution is 7.89. The Morgan fingerprint density at radius 2 is 1.81 bits per heavy atom. The summed E-state index contributed by atoms with van der Waals surface area (Å²) in [6.07, 6.45) is 1.45. The van der Waals surface area contributed by atoms with E-state index in [-0.39, 0.29) is 29.8 Å². The van der Waals surface area contributed by atoms with E-state index in [1.54, 1.807) is 18.2 Å². The van der Waals surface area contributed by atoms with Crippen molar-refractivity contribution in [2.75, 3.05) is 19.6 Å². The summed E-state index contributed by atoms with van der Waals surface area (Å²) >= 11 is 0. The molecular weight excluding hydrogens is 416 g/mol. The first-order valence-electron chi connectivity index (χ1n) is 9.98. The molecule has 2 amide bonds. The molecule has 0 radical (unpaired) electrons. The molecule has 0 spiro atoms. The second-order valence-electron chi connectivity index (χ2n) is 7.42. The number of carbonyl (C=O) groups excluding carboxylic acids is 2. The van der Waals surface area contributed by atoms with Crippen LogP contribution in [0.4, 0.5) is 0 Å². The van der Waals surface area contributed by atoms with Crippen LogP contribution in [0.3, 0.4) is 0 Å². The number of rotatable bonds is 7. The van der Waals surface area contributed by atoms with Crippen LogP contribution in [-0.2, 0) is 21.2 Å². The Hall–Kier alpha value is -3.22. The van der Waals surface area contributed by atoms with Crippen LogP contribution in [0.2, 0.25) is 0 Å². The van der Waals surface area contributed by atoms with E-state index in [4.69, 9.17) is 11.0 Å². The summed E-state index contributed by atoms with van der Waals surface area (Å²) in [6, 6.07) is 14.8. The summed E-state index contributed by atoms with van der Waals surface area (Å²) < 4.78 is 26.9. The Balaban J connectivity index is 1.49. The van der Waals surface area contributed by atoms with Crippen molar-refractivity contribution >= 4 is 21.8 Å². The molecule has 162 valence electrons. The van der Waals surface area contributed by atoms with Crippen LogP contribution in [0.1, 0.15) is 34.3 Å². The highest BCUT2D eigenvalue weighted by Crippen LogP contribution is 2.24. The minimum Gasteiger partial charge on any atom is -0.366 e. The highest BCUT2D eigenvalue weighted by atomic mass is 32.2. The topological polar surface area (TPSA) is 133 Å². The van der Waals surface area contributed by atoms with Gasteiger partial charge in [0.1, 0.15) is 0 Å². The number of nitriles is 1. The Kier molecular flexibility index (Phi) is 7.05. The first-order chi connectivity index (χ1) is 14.8. The van der Waals surface area contributed by atoms with Gasteiger partial charge in [-0.05, 0) is 61.2 Å². The lowest BCUT2D eigenvalue weighted by Gasteiger charge is -2.30. The zero-order chi connectivity index (χ0) is 22.4. The number of hydrogen-bond acceptors (Lipinski definition) is 5. The number of nitrogens with two attached hydrogens (primary N) is 1. The van der Waals surface area contributed by atoms with Crippen molar-refractivity contribution in [3.8, 4) is 6.07 Å². The van der Waals surface area contributed by atoms with Gasteiger partial charge in [0, 0.05) is 31.1 Å². The van der Waals surface area contributed by atoms with E-state index in [0.717, 1.165) is 5.56 Å². The van der Waals surface area contributed by atoms with Crippen LogP contribution < -0.4 is 11.1 Å². The van der Waals surface area contributed by atoms with E-state index in [2.05, 4.69) is 5.32 Å². The molecule has 3 N–H and O–H groups in total. The zero-order valence-corrected chi connectivity index (χ0v) is 17.8. The van der Waals surface area contributed by atoms with Crippen molar-refractivity contribution in [2.45, 2.75) is 24.2 Å². The third kappa shape index (κ3) is 5.48. The third-order valence-corrected chi connectivity index (χ3v) is 7.28. The molecule has 8 nitrogen and oxygen atoms in total. The van der Waals surface area contributed by atoms with Crippen LogP contribution in [0.25, 0.3) is 0 Å². The Bertz CT molecular complexity index is 1100. The maximum absolute atomic E-state index is 12.8. The Labute approximate surface area is 181 Å². The second-order valence-corrected chi connectivity index (χ2v) is 9.36. The number of primary amides is 1. The third-order valence-electron chi connectivity index (χ3n) is 5.37. The van der Waals surface area contributed by atoms with Gasteiger partial charge in [0.05, 0.1) is 16.5 Å². The second kappa shape index (κ2) is 9.73. The van der Waals surface area contributed by atoms with Crippen LogP contribution in [0.5, 0.6) is 0 Å². The van der Waals surface area contributed by atoms with Gasteiger partial charge >= 0.3 is 0 Å². The summed E-state index contributed by atoms with van der Waals surface area (Å²) in [5.41, 5.74) is 7.01. The quantitative estimate of drug-likeness (QED) is 0.672. The average Bonchev–Trinajstić information content (AvgIpc) is 2.79. The van der Waals surface area contributed by atoms with Gasteiger partial charge in [-0.25, -0.2) is 8.42 Å². The van der Waals surface area contributed by atoms with Crippen molar-refractivity contribution in [1.29, 1.82) is 5.26 Å². The van der Waals surface area contributed by atoms with Crippen LogP contribution in [-0.4, -0.2) is 44.2 Å². The predicted octanol–water partition coefficient (Wildman–Crippen LogP) is 1.42. The molecule has 31 heavy (non-hydrogen) atoms. The molecule has 9 heteroatoms. The molecule has 3 rings (SSSR count). The standard InChI is InChI=1S/C22H24N4O4S/c23-15-17-4-6-20(7-5-17)31(29,30)26-12-9-18(10-13-26)22(28)25-11-8-16-2-1-3-19(14-16)21(24)27/h1-7,14,18H,8-13H2,(H2,24,27)(H,25,28). The monoisotopic (exact) mass is 440 g/mol. The molecule has 2 aromatic rings. The van der Waals surface area contributed by atoms with E-state index in [1.807, 2.05) is 12.1 Å². The Morgan fingerprint density at radius 1 is 1.13 bits per heavy atom. The summed E-state index contributed by atoms with van der Waals surface area (Å²) in [4.78, 5) is 23.9. The molecule has 2 aromatic carbocycles. The van der Waals surface area contributed by atoms with E-state index in [1.165, 1.54) is 28.6 Å². The van der Waals surface area contributed by atoms with Crippen molar-refractivity contribution in [2.24, 2.45) is 11.7 Å². The molecule has 1 fully saturated rings. The first-order valence-corrected chi connectivity index (χ1v) is 11.4. The fraction of sp³-hybridized carbons (Fsp3) is 0.318. The lowest BCUT2D eigenvalue weighted by molar-refractivity contribution is -0.126. The smallest absolute Gasteiger partial charge is 0.248 e. The summed E-state index contributed by atoms with van der Waals surface area (Å²) in [7, 11) is -3.65. The first kappa shape index (κ1) is 22.5. The van der Waals surface area contributed by atoms with Gasteiger partial charge in [0.2, 0.25) is 21.8 Å². The number of nitrogens with one attached hydrogen (secondary N) is 1. The number of hydrogen-bond donors (Lipinski definition) is 2. The number of amides is 2.